The maximum atomic E-state index is 13.7. The Labute approximate surface area is 223 Å². The van der Waals surface area contributed by atoms with Crippen LogP contribution in [0.3, 0.4) is 0 Å². The molecular formula is C24H20Br2Cl2N2O4. The molecule has 4 rings (SSSR count). The van der Waals surface area contributed by atoms with Crippen molar-refractivity contribution >= 4 is 78.6 Å². The van der Waals surface area contributed by atoms with Gasteiger partial charge in [0.2, 0.25) is 0 Å². The molecule has 0 unspecified atom stereocenters. The fourth-order valence-corrected chi connectivity index (χ4v) is 6.03. The maximum Gasteiger partial charge on any atom is 0.275 e. The highest BCUT2D eigenvalue weighted by Crippen LogP contribution is 2.44. The van der Waals surface area contributed by atoms with E-state index in [9.17, 15) is 19.2 Å². The predicted octanol–water partition coefficient (Wildman–Crippen LogP) is 5.54. The molecule has 0 bridgehead atoms. The fraction of sp³-hybridized carbons (Fsp3) is 0.333. The summed E-state index contributed by atoms with van der Waals surface area (Å²) in [6.07, 6.45) is 0.880. The van der Waals surface area contributed by atoms with Gasteiger partial charge in [-0.05, 0) is 56.2 Å². The van der Waals surface area contributed by atoms with Crippen LogP contribution >= 0.6 is 55.1 Å². The van der Waals surface area contributed by atoms with E-state index in [1.165, 1.54) is 31.2 Å². The summed E-state index contributed by atoms with van der Waals surface area (Å²) >= 11 is 19.4. The van der Waals surface area contributed by atoms with Crippen molar-refractivity contribution in [3.05, 3.63) is 69.7 Å². The normalized spacial score (nSPS) is 25.1. The van der Waals surface area contributed by atoms with Gasteiger partial charge in [0.25, 0.3) is 17.7 Å². The highest BCUT2D eigenvalue weighted by atomic mass is 79.9. The summed E-state index contributed by atoms with van der Waals surface area (Å²) in [7, 11) is 0. The van der Waals surface area contributed by atoms with E-state index in [4.69, 9.17) is 23.2 Å². The number of halogens is 4. The molecule has 0 aromatic heterocycles. The minimum Gasteiger partial charge on any atom is -0.292 e. The van der Waals surface area contributed by atoms with Gasteiger partial charge in [-0.2, -0.15) is 5.01 Å². The Morgan fingerprint density at radius 3 is 2.00 bits per heavy atom. The van der Waals surface area contributed by atoms with Gasteiger partial charge < -0.3 is 0 Å². The molecular weight excluding hydrogens is 611 g/mol. The van der Waals surface area contributed by atoms with E-state index in [-0.39, 0.29) is 20.2 Å². The zero-order valence-electron chi connectivity index (χ0n) is 18.0. The summed E-state index contributed by atoms with van der Waals surface area (Å²) in [6.45, 7) is 1.49. The van der Waals surface area contributed by atoms with Crippen molar-refractivity contribution in [1.29, 1.82) is 0 Å². The van der Waals surface area contributed by atoms with Gasteiger partial charge in [-0.1, -0.05) is 67.2 Å². The molecule has 178 valence electrons. The van der Waals surface area contributed by atoms with Gasteiger partial charge >= 0.3 is 0 Å². The molecule has 1 saturated carbocycles. The first-order valence-electron chi connectivity index (χ1n) is 10.7. The third-order valence-electron chi connectivity index (χ3n) is 6.29. The number of benzene rings is 2. The quantitative estimate of drug-likeness (QED) is 0.247. The van der Waals surface area contributed by atoms with Crippen LogP contribution in [0.5, 0.6) is 0 Å². The number of Topliss-reactive ketones (excluding diaryl/α,β-unsaturated/α-hetero) is 1. The van der Waals surface area contributed by atoms with Crippen molar-refractivity contribution in [2.24, 2.45) is 11.8 Å². The van der Waals surface area contributed by atoms with E-state index in [1.807, 2.05) is 0 Å². The summed E-state index contributed by atoms with van der Waals surface area (Å²) in [5.41, 5.74) is 0.388. The molecule has 2 aromatic rings. The fourth-order valence-electron chi connectivity index (χ4n) is 4.45. The Hall–Kier alpha value is -1.74. The number of hydrogen-bond acceptors (Lipinski definition) is 4. The van der Waals surface area contributed by atoms with E-state index >= 15 is 0 Å². The van der Waals surface area contributed by atoms with Gasteiger partial charge in [0, 0.05) is 20.2 Å². The molecule has 6 nitrogen and oxygen atoms in total. The summed E-state index contributed by atoms with van der Waals surface area (Å²) in [4.78, 5) is 54.1. The number of carbonyl (C=O) groups is 4. The van der Waals surface area contributed by atoms with Crippen molar-refractivity contribution in [1.82, 2.24) is 10.0 Å². The van der Waals surface area contributed by atoms with E-state index in [2.05, 4.69) is 31.9 Å². The molecule has 0 radical (unpaired) electrons. The molecule has 2 aliphatic rings. The van der Waals surface area contributed by atoms with Gasteiger partial charge in [0.05, 0.1) is 22.4 Å². The lowest BCUT2D eigenvalue weighted by Crippen LogP contribution is -2.56. The number of imide groups is 1. The van der Waals surface area contributed by atoms with E-state index < -0.39 is 41.4 Å². The number of carbonyl (C=O) groups excluding carboxylic acids is 4. The average molecular weight is 631 g/mol. The van der Waals surface area contributed by atoms with Gasteiger partial charge in [-0.3, -0.25) is 19.2 Å². The monoisotopic (exact) mass is 628 g/mol. The Morgan fingerprint density at radius 2 is 1.47 bits per heavy atom. The summed E-state index contributed by atoms with van der Waals surface area (Å²) in [5.74, 6) is -3.28. The van der Waals surface area contributed by atoms with Gasteiger partial charge in [-0.25, -0.2) is 5.01 Å². The molecule has 1 heterocycles. The third kappa shape index (κ3) is 4.57. The molecule has 1 aliphatic heterocycles. The molecule has 0 N–H and O–H groups in total. The van der Waals surface area contributed by atoms with Crippen LogP contribution in [-0.2, 0) is 9.59 Å². The minimum absolute atomic E-state index is 0.00583. The number of fused-ring (bicyclic) bond motifs is 1. The Kier molecular flexibility index (Phi) is 7.53. The number of nitrogens with zero attached hydrogens (tertiary/aromatic N) is 2. The van der Waals surface area contributed by atoms with Crippen molar-refractivity contribution in [2.75, 3.05) is 0 Å². The Balaban J connectivity index is 1.76. The molecule has 10 heteroatoms. The van der Waals surface area contributed by atoms with Crippen LogP contribution in [0.2, 0.25) is 10.0 Å². The largest absolute Gasteiger partial charge is 0.292 e. The minimum atomic E-state index is -1.16. The van der Waals surface area contributed by atoms with Crippen LogP contribution in [-0.4, -0.2) is 49.2 Å². The number of alkyl halides is 2. The van der Waals surface area contributed by atoms with Crippen LogP contribution in [0.25, 0.3) is 0 Å². The SMILES string of the molecule is C[C@H](C(=O)c1ccc(Cl)cc1)N(C(=O)c1ccccc1Cl)N1C(=O)[C@H]2C[C@H](Br)[C@@H](Br)C[C@H]2C1=O. The zero-order chi connectivity index (χ0) is 24.7. The van der Waals surface area contributed by atoms with E-state index in [1.54, 1.807) is 24.3 Å². The second kappa shape index (κ2) is 10.1. The van der Waals surface area contributed by atoms with Crippen LogP contribution in [0.1, 0.15) is 40.5 Å². The smallest absolute Gasteiger partial charge is 0.275 e. The Bertz CT molecular complexity index is 1130. The van der Waals surface area contributed by atoms with Crippen molar-refractivity contribution in [3.63, 3.8) is 0 Å². The van der Waals surface area contributed by atoms with E-state index in [0.717, 1.165) is 10.0 Å². The lowest BCUT2D eigenvalue weighted by atomic mass is 9.81. The predicted molar refractivity (Wildman–Crippen MR) is 136 cm³/mol. The molecule has 1 aliphatic carbocycles. The highest BCUT2D eigenvalue weighted by molar-refractivity contribution is 9.12. The molecule has 1 saturated heterocycles. The van der Waals surface area contributed by atoms with Crippen LogP contribution < -0.4 is 0 Å². The first-order chi connectivity index (χ1) is 16.1. The topological polar surface area (TPSA) is 74.8 Å². The number of rotatable bonds is 5. The number of hydrogen-bond donors (Lipinski definition) is 0. The summed E-state index contributed by atoms with van der Waals surface area (Å²) in [6, 6.07) is 11.4. The summed E-state index contributed by atoms with van der Waals surface area (Å²) < 4.78 is 0. The Morgan fingerprint density at radius 1 is 0.941 bits per heavy atom. The second-order valence-electron chi connectivity index (χ2n) is 8.38. The molecule has 5 atom stereocenters. The number of hydrazine groups is 1. The summed E-state index contributed by atoms with van der Waals surface area (Å²) in [5, 5.41) is 2.44. The van der Waals surface area contributed by atoms with Crippen LogP contribution in [0.15, 0.2) is 48.5 Å². The third-order valence-corrected chi connectivity index (χ3v) is 9.61. The zero-order valence-corrected chi connectivity index (χ0v) is 22.6. The maximum absolute atomic E-state index is 13.7. The standard InChI is InChI=1S/C24H20Br2Cl2N2O4/c1-12(21(31)13-6-8-14(27)9-7-13)29(22(32)15-4-2-3-5-20(15)28)30-23(33)16-10-18(25)19(26)11-17(16)24(30)34/h2-9,12,16-19H,10-11H2,1H3/t12-,16-,17+,18+,19+/m1/s1. The molecule has 34 heavy (non-hydrogen) atoms. The molecule has 0 spiro atoms. The van der Waals surface area contributed by atoms with Crippen LogP contribution in [0, 0.1) is 11.8 Å². The number of ketones is 1. The first-order valence-corrected chi connectivity index (χ1v) is 13.2. The van der Waals surface area contributed by atoms with Crippen molar-refractivity contribution in [2.45, 2.75) is 35.5 Å². The van der Waals surface area contributed by atoms with Crippen molar-refractivity contribution < 1.29 is 19.2 Å². The lowest BCUT2D eigenvalue weighted by molar-refractivity contribution is -0.156. The number of amides is 3. The van der Waals surface area contributed by atoms with Crippen LogP contribution in [0.4, 0.5) is 0 Å². The molecule has 2 aromatic carbocycles. The lowest BCUT2D eigenvalue weighted by Gasteiger charge is -2.35. The molecule has 2 fully saturated rings. The average Bonchev–Trinajstić information content (AvgIpc) is 3.04. The van der Waals surface area contributed by atoms with Gasteiger partial charge in [0.15, 0.2) is 5.78 Å². The molecule has 3 amide bonds. The highest BCUT2D eigenvalue weighted by Gasteiger charge is 2.55. The second-order valence-corrected chi connectivity index (χ2v) is 11.6. The van der Waals surface area contributed by atoms with Crippen molar-refractivity contribution in [3.8, 4) is 0 Å². The first kappa shape index (κ1) is 25.4. The van der Waals surface area contributed by atoms with Gasteiger partial charge in [-0.15, -0.1) is 0 Å². The van der Waals surface area contributed by atoms with Gasteiger partial charge in [0.1, 0.15) is 6.04 Å². The van der Waals surface area contributed by atoms with E-state index in [0.29, 0.717) is 23.4 Å².